The van der Waals surface area contributed by atoms with E-state index in [0.29, 0.717) is 18.8 Å². The molecule has 0 spiro atoms. The highest BCUT2D eigenvalue weighted by atomic mass is 16.5. The van der Waals surface area contributed by atoms with Crippen molar-refractivity contribution in [3.63, 3.8) is 0 Å². The van der Waals surface area contributed by atoms with Gasteiger partial charge in [0.05, 0.1) is 19.3 Å². The van der Waals surface area contributed by atoms with Gasteiger partial charge in [-0.2, -0.15) is 0 Å². The van der Waals surface area contributed by atoms with E-state index in [1.165, 1.54) is 0 Å². The molecule has 5 nitrogen and oxygen atoms in total. The highest BCUT2D eigenvalue weighted by Crippen LogP contribution is 2.17. The van der Waals surface area contributed by atoms with Crippen molar-refractivity contribution in [2.24, 2.45) is 0 Å². The Bertz CT molecular complexity index is 374. The number of carbonyl (C=O) groups excluding carboxylic acids is 1. The molecule has 106 valence electrons. The Balaban J connectivity index is 2.37. The van der Waals surface area contributed by atoms with Gasteiger partial charge in [-0.25, -0.2) is 0 Å². The first kappa shape index (κ1) is 15.3. The van der Waals surface area contributed by atoms with Gasteiger partial charge in [0, 0.05) is 0 Å². The summed E-state index contributed by atoms with van der Waals surface area (Å²) < 4.78 is 10.6. The van der Waals surface area contributed by atoms with Crippen LogP contribution in [0.2, 0.25) is 0 Å². The Hall–Kier alpha value is -1.75. The van der Waals surface area contributed by atoms with Crippen molar-refractivity contribution < 1.29 is 19.4 Å². The van der Waals surface area contributed by atoms with Crippen molar-refractivity contribution in [2.45, 2.75) is 26.3 Å². The second kappa shape index (κ2) is 8.37. The van der Waals surface area contributed by atoms with Gasteiger partial charge in [-0.3, -0.25) is 4.79 Å². The first-order valence-electron chi connectivity index (χ1n) is 6.45. The number of ether oxygens (including phenoxy) is 2. The normalized spacial score (nSPS) is 11.7. The summed E-state index contributed by atoms with van der Waals surface area (Å²) in [5.74, 6) is 1.14. The minimum atomic E-state index is -0.241. The van der Waals surface area contributed by atoms with E-state index >= 15 is 0 Å². The van der Waals surface area contributed by atoms with Crippen LogP contribution in [-0.4, -0.2) is 36.9 Å². The fourth-order valence-electron chi connectivity index (χ4n) is 1.49. The minimum Gasteiger partial charge on any atom is -0.494 e. The fourth-order valence-corrected chi connectivity index (χ4v) is 1.49. The monoisotopic (exact) mass is 267 g/mol. The third kappa shape index (κ3) is 5.61. The average Bonchev–Trinajstić information content (AvgIpc) is 2.44. The zero-order valence-corrected chi connectivity index (χ0v) is 11.4. The molecule has 0 aromatic heterocycles. The van der Waals surface area contributed by atoms with Crippen LogP contribution in [0, 0.1) is 0 Å². The molecule has 1 rings (SSSR count). The number of aliphatic hydroxyl groups excluding tert-OH is 1. The second-order valence-electron chi connectivity index (χ2n) is 4.05. The highest BCUT2D eigenvalue weighted by Gasteiger charge is 2.09. The molecule has 0 saturated carbocycles. The van der Waals surface area contributed by atoms with E-state index < -0.39 is 0 Å². The van der Waals surface area contributed by atoms with Gasteiger partial charge in [0.25, 0.3) is 5.91 Å². The molecule has 1 atom stereocenters. The number of carbonyl (C=O) groups is 1. The van der Waals surface area contributed by atoms with E-state index in [0.717, 1.165) is 5.75 Å². The summed E-state index contributed by atoms with van der Waals surface area (Å²) >= 11 is 0. The largest absolute Gasteiger partial charge is 0.494 e. The Labute approximate surface area is 113 Å². The average molecular weight is 267 g/mol. The number of aliphatic hydroxyl groups is 1. The maximum absolute atomic E-state index is 11.5. The Morgan fingerprint density at radius 3 is 2.26 bits per heavy atom. The first-order valence-corrected chi connectivity index (χ1v) is 6.45. The molecule has 2 N–H and O–H groups in total. The van der Waals surface area contributed by atoms with Gasteiger partial charge >= 0.3 is 0 Å². The van der Waals surface area contributed by atoms with Crippen LogP contribution in [0.4, 0.5) is 0 Å². The Morgan fingerprint density at radius 1 is 1.21 bits per heavy atom. The maximum Gasteiger partial charge on any atom is 0.258 e. The molecule has 1 aromatic carbocycles. The molecular formula is C14H21NO4. The molecule has 0 radical (unpaired) electrons. The zero-order valence-electron chi connectivity index (χ0n) is 11.4. The smallest absolute Gasteiger partial charge is 0.258 e. The molecule has 0 saturated heterocycles. The summed E-state index contributed by atoms with van der Waals surface area (Å²) in [6.45, 7) is 4.30. The third-order valence-corrected chi connectivity index (χ3v) is 2.58. The molecule has 0 unspecified atom stereocenters. The van der Waals surface area contributed by atoms with Crippen LogP contribution in [-0.2, 0) is 4.79 Å². The maximum atomic E-state index is 11.5. The number of hydrogen-bond donors (Lipinski definition) is 2. The Kier molecular flexibility index (Phi) is 6.74. The lowest BCUT2D eigenvalue weighted by Crippen LogP contribution is -2.39. The summed E-state index contributed by atoms with van der Waals surface area (Å²) in [6, 6.07) is 6.87. The van der Waals surface area contributed by atoms with Crippen molar-refractivity contribution >= 4 is 5.91 Å². The summed E-state index contributed by atoms with van der Waals surface area (Å²) in [7, 11) is 0. The van der Waals surface area contributed by atoms with Crippen molar-refractivity contribution in [3.8, 4) is 11.5 Å². The van der Waals surface area contributed by atoms with E-state index in [1.807, 2.05) is 13.8 Å². The van der Waals surface area contributed by atoms with E-state index in [2.05, 4.69) is 5.32 Å². The SMILES string of the molecule is CCOc1ccc(OCC(=O)N[C@H](CC)CO)cc1. The van der Waals surface area contributed by atoms with E-state index in [1.54, 1.807) is 24.3 Å². The van der Waals surface area contributed by atoms with Gasteiger partial charge < -0.3 is 19.9 Å². The number of rotatable bonds is 8. The first-order chi connectivity index (χ1) is 9.19. The number of benzene rings is 1. The minimum absolute atomic E-state index is 0.0642. The molecular weight excluding hydrogens is 246 g/mol. The van der Waals surface area contributed by atoms with Crippen LogP contribution in [0.3, 0.4) is 0 Å². The van der Waals surface area contributed by atoms with Gasteiger partial charge in [0.15, 0.2) is 6.61 Å². The van der Waals surface area contributed by atoms with Crippen LogP contribution in [0.1, 0.15) is 20.3 Å². The van der Waals surface area contributed by atoms with Crippen molar-refractivity contribution in [2.75, 3.05) is 19.8 Å². The second-order valence-corrected chi connectivity index (χ2v) is 4.05. The van der Waals surface area contributed by atoms with Gasteiger partial charge in [0.1, 0.15) is 11.5 Å². The number of amides is 1. The highest BCUT2D eigenvalue weighted by molar-refractivity contribution is 5.77. The summed E-state index contributed by atoms with van der Waals surface area (Å²) in [5.41, 5.74) is 0. The van der Waals surface area contributed by atoms with Crippen molar-refractivity contribution in [3.05, 3.63) is 24.3 Å². The van der Waals surface area contributed by atoms with E-state index in [9.17, 15) is 4.79 Å². The van der Waals surface area contributed by atoms with Crippen molar-refractivity contribution in [1.82, 2.24) is 5.32 Å². The fraction of sp³-hybridized carbons (Fsp3) is 0.500. The van der Waals surface area contributed by atoms with Gasteiger partial charge in [-0.05, 0) is 37.6 Å². The van der Waals surface area contributed by atoms with E-state index in [-0.39, 0.29) is 25.2 Å². The number of hydrogen-bond acceptors (Lipinski definition) is 4. The van der Waals surface area contributed by atoms with Gasteiger partial charge in [-0.1, -0.05) is 6.92 Å². The van der Waals surface area contributed by atoms with Crippen LogP contribution in [0.5, 0.6) is 11.5 Å². The molecule has 0 aliphatic carbocycles. The third-order valence-electron chi connectivity index (χ3n) is 2.58. The lowest BCUT2D eigenvalue weighted by molar-refractivity contribution is -0.124. The predicted molar refractivity (Wildman–Crippen MR) is 72.4 cm³/mol. The van der Waals surface area contributed by atoms with Crippen LogP contribution in [0.15, 0.2) is 24.3 Å². The summed E-state index contributed by atoms with van der Waals surface area (Å²) in [6.07, 6.45) is 0.686. The summed E-state index contributed by atoms with van der Waals surface area (Å²) in [5, 5.41) is 11.7. The van der Waals surface area contributed by atoms with Crippen LogP contribution >= 0.6 is 0 Å². The van der Waals surface area contributed by atoms with Crippen LogP contribution < -0.4 is 14.8 Å². The molecule has 0 aliphatic rings. The van der Waals surface area contributed by atoms with Crippen LogP contribution in [0.25, 0.3) is 0 Å². The quantitative estimate of drug-likeness (QED) is 0.746. The molecule has 5 heteroatoms. The standard InChI is InChI=1S/C14H21NO4/c1-3-11(9-16)15-14(17)10-19-13-7-5-12(6-8-13)18-4-2/h5-8,11,16H,3-4,9-10H2,1-2H3,(H,15,17)/t11-/m1/s1. The molecule has 1 aromatic rings. The number of nitrogens with one attached hydrogen (secondary N) is 1. The van der Waals surface area contributed by atoms with E-state index in [4.69, 9.17) is 14.6 Å². The zero-order chi connectivity index (χ0) is 14.1. The molecule has 0 fully saturated rings. The molecule has 0 heterocycles. The Morgan fingerprint density at radius 2 is 1.79 bits per heavy atom. The molecule has 1 amide bonds. The topological polar surface area (TPSA) is 67.8 Å². The van der Waals surface area contributed by atoms with Crippen molar-refractivity contribution in [1.29, 1.82) is 0 Å². The lowest BCUT2D eigenvalue weighted by atomic mass is 10.2. The summed E-state index contributed by atoms with van der Waals surface area (Å²) in [4.78, 5) is 11.5. The molecule has 0 aliphatic heterocycles. The lowest BCUT2D eigenvalue weighted by Gasteiger charge is -2.14. The predicted octanol–water partition coefficient (Wildman–Crippen LogP) is 1.35. The van der Waals surface area contributed by atoms with Gasteiger partial charge in [-0.15, -0.1) is 0 Å². The molecule has 0 bridgehead atoms. The van der Waals surface area contributed by atoms with Gasteiger partial charge in [0.2, 0.25) is 0 Å². The molecule has 19 heavy (non-hydrogen) atoms.